The van der Waals surface area contributed by atoms with Crippen LogP contribution in [0.4, 0.5) is 5.82 Å². The zero-order chi connectivity index (χ0) is 13.1. The lowest BCUT2D eigenvalue weighted by Gasteiger charge is -2.01. The molecule has 18 heavy (non-hydrogen) atoms. The van der Waals surface area contributed by atoms with Crippen LogP contribution in [0.15, 0.2) is 23.7 Å². The van der Waals surface area contributed by atoms with E-state index in [1.165, 1.54) is 35.4 Å². The number of aromatic nitrogens is 2. The van der Waals surface area contributed by atoms with Gasteiger partial charge in [0.15, 0.2) is 0 Å². The van der Waals surface area contributed by atoms with Crippen LogP contribution in [0.1, 0.15) is 15.2 Å². The van der Waals surface area contributed by atoms with Crippen LogP contribution in [0.2, 0.25) is 0 Å². The van der Waals surface area contributed by atoms with Crippen LogP contribution < -0.4 is 0 Å². The third-order valence-electron chi connectivity index (χ3n) is 2.32. The summed E-state index contributed by atoms with van der Waals surface area (Å²) >= 11 is 1.23. The molecule has 2 rings (SSSR count). The highest BCUT2D eigenvalue weighted by molar-refractivity contribution is 7.12. The van der Waals surface area contributed by atoms with Crippen LogP contribution in [0.25, 0.3) is 0 Å². The standard InChI is InChI=1S/C10H9N3O4S/c1-17-10(14)9-7(3-5-18-9)6-12-8(13(15)16)2-4-11-12/h2-5H,6H2,1H3. The van der Waals surface area contributed by atoms with Crippen molar-refractivity contribution < 1.29 is 14.5 Å². The topological polar surface area (TPSA) is 87.3 Å². The molecule has 0 bridgehead atoms. The summed E-state index contributed by atoms with van der Waals surface area (Å²) in [6.07, 6.45) is 1.35. The van der Waals surface area contributed by atoms with Crippen molar-refractivity contribution in [2.24, 2.45) is 0 Å². The summed E-state index contributed by atoms with van der Waals surface area (Å²) in [6, 6.07) is 3.03. The molecule has 0 amide bonds. The Balaban J connectivity index is 2.29. The quantitative estimate of drug-likeness (QED) is 0.478. The van der Waals surface area contributed by atoms with Crippen molar-refractivity contribution in [2.75, 3.05) is 7.11 Å². The monoisotopic (exact) mass is 267 g/mol. The van der Waals surface area contributed by atoms with E-state index in [1.807, 2.05) is 0 Å². The van der Waals surface area contributed by atoms with Gasteiger partial charge in [-0.3, -0.25) is 0 Å². The fourth-order valence-corrected chi connectivity index (χ4v) is 2.33. The van der Waals surface area contributed by atoms with Gasteiger partial charge in [-0.15, -0.1) is 16.0 Å². The average molecular weight is 267 g/mol. The fourth-order valence-electron chi connectivity index (χ4n) is 1.50. The Morgan fingerprint density at radius 1 is 1.61 bits per heavy atom. The lowest BCUT2D eigenvalue weighted by atomic mass is 10.2. The fraction of sp³-hybridized carbons (Fsp3) is 0.200. The van der Waals surface area contributed by atoms with E-state index in [2.05, 4.69) is 9.84 Å². The lowest BCUT2D eigenvalue weighted by molar-refractivity contribution is -0.392. The van der Waals surface area contributed by atoms with Crippen LogP contribution in [-0.2, 0) is 11.3 Å². The molecule has 94 valence electrons. The van der Waals surface area contributed by atoms with Gasteiger partial charge in [0.2, 0.25) is 0 Å². The van der Waals surface area contributed by atoms with Crippen LogP contribution in [0.3, 0.4) is 0 Å². The molecule has 0 spiro atoms. The van der Waals surface area contributed by atoms with Gasteiger partial charge in [0, 0.05) is 5.56 Å². The molecule has 8 heteroatoms. The lowest BCUT2D eigenvalue weighted by Crippen LogP contribution is -2.09. The van der Waals surface area contributed by atoms with Gasteiger partial charge in [-0.2, -0.15) is 0 Å². The Hall–Kier alpha value is -2.22. The second kappa shape index (κ2) is 4.96. The maximum absolute atomic E-state index is 11.5. The van der Waals surface area contributed by atoms with E-state index >= 15 is 0 Å². The smallest absolute Gasteiger partial charge is 0.348 e. The number of thiophene rings is 1. The molecule has 0 N–H and O–H groups in total. The average Bonchev–Trinajstić information content (AvgIpc) is 2.97. The molecule has 0 aliphatic rings. The maximum Gasteiger partial charge on any atom is 0.348 e. The molecule has 0 aliphatic heterocycles. The molecule has 0 radical (unpaired) electrons. The Labute approximate surface area is 106 Å². The number of rotatable bonds is 4. The molecule has 2 heterocycles. The minimum absolute atomic E-state index is 0.114. The number of nitrogens with zero attached hydrogens (tertiary/aromatic N) is 3. The molecule has 0 saturated carbocycles. The van der Waals surface area contributed by atoms with Gasteiger partial charge in [-0.25, -0.2) is 4.79 Å². The summed E-state index contributed by atoms with van der Waals surface area (Å²) in [6.45, 7) is 0.164. The predicted octanol–water partition coefficient (Wildman–Crippen LogP) is 1.69. The van der Waals surface area contributed by atoms with Crippen LogP contribution in [0, 0.1) is 10.1 Å². The molecule has 0 fully saturated rings. The first-order valence-electron chi connectivity index (χ1n) is 4.94. The van der Waals surface area contributed by atoms with E-state index < -0.39 is 10.9 Å². The molecule has 2 aromatic rings. The van der Waals surface area contributed by atoms with Crippen molar-refractivity contribution in [3.05, 3.63) is 44.3 Å². The first kappa shape index (κ1) is 12.2. The van der Waals surface area contributed by atoms with Crippen LogP contribution in [0.5, 0.6) is 0 Å². The minimum atomic E-state index is -0.517. The van der Waals surface area contributed by atoms with Crippen LogP contribution >= 0.6 is 11.3 Å². The molecular weight excluding hydrogens is 258 g/mol. The van der Waals surface area contributed by atoms with E-state index in [0.29, 0.717) is 10.4 Å². The highest BCUT2D eigenvalue weighted by Gasteiger charge is 2.19. The van der Waals surface area contributed by atoms with Gasteiger partial charge in [0.25, 0.3) is 0 Å². The highest BCUT2D eigenvalue weighted by Crippen LogP contribution is 2.20. The number of methoxy groups -OCH3 is 1. The molecule has 0 saturated heterocycles. The van der Waals surface area contributed by atoms with E-state index in [9.17, 15) is 14.9 Å². The van der Waals surface area contributed by atoms with Gasteiger partial charge < -0.3 is 14.9 Å². The third-order valence-corrected chi connectivity index (χ3v) is 3.26. The number of ether oxygens (including phenoxy) is 1. The number of carbonyl (C=O) groups is 1. The normalized spacial score (nSPS) is 10.3. The van der Waals surface area contributed by atoms with E-state index in [-0.39, 0.29) is 12.4 Å². The largest absolute Gasteiger partial charge is 0.465 e. The Morgan fingerprint density at radius 2 is 2.39 bits per heavy atom. The van der Waals surface area contributed by atoms with Crippen LogP contribution in [-0.4, -0.2) is 27.8 Å². The third kappa shape index (κ3) is 2.23. The van der Waals surface area contributed by atoms with E-state index in [0.717, 1.165) is 0 Å². The van der Waals surface area contributed by atoms with Crippen molar-refractivity contribution in [1.29, 1.82) is 0 Å². The van der Waals surface area contributed by atoms with Gasteiger partial charge in [0.1, 0.15) is 11.4 Å². The predicted molar refractivity (Wildman–Crippen MR) is 63.6 cm³/mol. The Bertz CT molecular complexity index is 589. The molecule has 0 atom stereocenters. The Morgan fingerprint density at radius 3 is 3.06 bits per heavy atom. The molecular formula is C10H9N3O4S. The molecule has 0 aliphatic carbocycles. The summed E-state index contributed by atoms with van der Waals surface area (Å²) in [5.41, 5.74) is 0.652. The second-order valence-corrected chi connectivity index (χ2v) is 4.29. The summed E-state index contributed by atoms with van der Waals surface area (Å²) in [5, 5.41) is 16.3. The number of carbonyl (C=O) groups excluding carboxylic acids is 1. The van der Waals surface area contributed by atoms with E-state index in [4.69, 9.17) is 0 Å². The van der Waals surface area contributed by atoms with Gasteiger partial charge >= 0.3 is 11.8 Å². The van der Waals surface area contributed by atoms with E-state index in [1.54, 1.807) is 11.4 Å². The minimum Gasteiger partial charge on any atom is -0.465 e. The van der Waals surface area contributed by atoms with Gasteiger partial charge in [0.05, 0.1) is 19.4 Å². The number of hydrogen-bond donors (Lipinski definition) is 0. The first-order chi connectivity index (χ1) is 8.63. The zero-order valence-corrected chi connectivity index (χ0v) is 10.2. The maximum atomic E-state index is 11.5. The summed E-state index contributed by atoms with van der Waals surface area (Å²) in [7, 11) is 1.29. The molecule has 0 aromatic carbocycles. The van der Waals surface area contributed by atoms with Crippen molar-refractivity contribution in [3.8, 4) is 0 Å². The van der Waals surface area contributed by atoms with Gasteiger partial charge in [-0.05, 0) is 16.4 Å². The number of hydrogen-bond acceptors (Lipinski definition) is 6. The highest BCUT2D eigenvalue weighted by atomic mass is 32.1. The van der Waals surface area contributed by atoms with Crippen molar-refractivity contribution in [1.82, 2.24) is 9.78 Å². The number of esters is 1. The van der Waals surface area contributed by atoms with Gasteiger partial charge in [-0.1, -0.05) is 5.10 Å². The Kier molecular flexibility index (Phi) is 3.38. The van der Waals surface area contributed by atoms with Crippen molar-refractivity contribution >= 4 is 23.1 Å². The van der Waals surface area contributed by atoms with Crippen molar-refractivity contribution in [2.45, 2.75) is 6.54 Å². The first-order valence-corrected chi connectivity index (χ1v) is 5.82. The summed E-state index contributed by atoms with van der Waals surface area (Å²) < 4.78 is 5.87. The van der Waals surface area contributed by atoms with Crippen molar-refractivity contribution in [3.63, 3.8) is 0 Å². The zero-order valence-electron chi connectivity index (χ0n) is 9.40. The molecule has 2 aromatic heterocycles. The molecule has 0 unspecified atom stereocenters. The summed E-state index contributed by atoms with van der Waals surface area (Å²) in [5.74, 6) is -0.563. The summed E-state index contributed by atoms with van der Waals surface area (Å²) in [4.78, 5) is 22.1. The molecule has 7 nitrogen and oxygen atoms in total. The SMILES string of the molecule is COC(=O)c1sccc1Cn1nccc1[N+](=O)[O-]. The second-order valence-electron chi connectivity index (χ2n) is 3.37. The number of nitro groups is 1.